The molecule has 8 heteroatoms. The zero-order valence-electron chi connectivity index (χ0n) is 20.3. The predicted octanol–water partition coefficient (Wildman–Crippen LogP) is 5.20. The molecule has 0 aliphatic carbocycles. The average molecular weight is 500 g/mol. The van der Waals surface area contributed by atoms with Crippen LogP contribution in [-0.2, 0) is 16.8 Å². The molecule has 0 bridgehead atoms. The van der Waals surface area contributed by atoms with E-state index in [1.54, 1.807) is 12.1 Å². The highest BCUT2D eigenvalue weighted by Gasteiger charge is 2.69. The van der Waals surface area contributed by atoms with Gasteiger partial charge in [0.1, 0.15) is 11.4 Å². The van der Waals surface area contributed by atoms with Crippen LogP contribution in [0.4, 0.5) is 15.8 Å². The number of carbonyl (C=O) groups excluding carboxylic acids is 2. The van der Waals surface area contributed by atoms with Crippen LogP contribution in [0.25, 0.3) is 0 Å². The number of anilines is 1. The number of hydrogen-bond donors (Lipinski definition) is 1. The number of nitrogens with one attached hydrogen (secondary N) is 1. The van der Waals surface area contributed by atoms with E-state index < -0.39 is 22.2 Å². The molecule has 1 N–H and O–H groups in total. The van der Waals surface area contributed by atoms with Crippen molar-refractivity contribution in [3.8, 4) is 0 Å². The number of rotatable bonds is 5. The Morgan fingerprint density at radius 2 is 1.86 bits per heavy atom. The summed E-state index contributed by atoms with van der Waals surface area (Å²) in [5.74, 6) is -2.07. The first-order valence-corrected chi connectivity index (χ1v) is 12.6. The van der Waals surface area contributed by atoms with Gasteiger partial charge in [0.15, 0.2) is 5.78 Å². The number of benzene rings is 3. The number of hydrogen-bond acceptors (Lipinski definition) is 5. The summed E-state index contributed by atoms with van der Waals surface area (Å²) in [6.07, 6.45) is 2.46. The Kier molecular flexibility index (Phi) is 5.45. The molecule has 6 rings (SSSR count). The van der Waals surface area contributed by atoms with Gasteiger partial charge in [-0.05, 0) is 67.3 Å². The van der Waals surface area contributed by atoms with Crippen molar-refractivity contribution < 1.29 is 18.9 Å². The highest BCUT2D eigenvalue weighted by Crippen LogP contribution is 2.61. The number of non-ortho nitro benzene ring substituents is 1. The van der Waals surface area contributed by atoms with Crippen LogP contribution >= 0.6 is 0 Å². The number of nitrogens with zero attached hydrogens (tertiary/aromatic N) is 2. The van der Waals surface area contributed by atoms with E-state index in [4.69, 9.17) is 0 Å². The van der Waals surface area contributed by atoms with E-state index in [2.05, 4.69) is 10.2 Å². The van der Waals surface area contributed by atoms with Crippen LogP contribution in [-0.4, -0.2) is 34.1 Å². The Morgan fingerprint density at radius 3 is 2.54 bits per heavy atom. The molecule has 3 unspecified atom stereocenters. The molecule has 0 radical (unpaired) electrons. The van der Waals surface area contributed by atoms with Crippen molar-refractivity contribution in [3.05, 3.63) is 105 Å². The van der Waals surface area contributed by atoms with Crippen molar-refractivity contribution in [1.29, 1.82) is 0 Å². The van der Waals surface area contributed by atoms with Crippen molar-refractivity contribution in [3.63, 3.8) is 0 Å². The number of fused-ring (bicyclic) bond motifs is 4. The fraction of sp³-hybridized carbons (Fsp3) is 0.310. The van der Waals surface area contributed by atoms with E-state index in [0.717, 1.165) is 36.0 Å². The van der Waals surface area contributed by atoms with E-state index in [-0.39, 0.29) is 29.3 Å². The highest BCUT2D eigenvalue weighted by atomic mass is 19.1. The molecule has 0 aromatic heterocycles. The lowest BCUT2D eigenvalue weighted by atomic mass is 9.68. The minimum absolute atomic E-state index is 0.0299. The Hall–Kier alpha value is -3.91. The predicted molar refractivity (Wildman–Crippen MR) is 136 cm³/mol. The monoisotopic (exact) mass is 499 g/mol. The van der Waals surface area contributed by atoms with Crippen LogP contribution in [0.5, 0.6) is 0 Å². The molecule has 1 spiro atoms. The van der Waals surface area contributed by atoms with Gasteiger partial charge in [0, 0.05) is 40.9 Å². The van der Waals surface area contributed by atoms with Crippen molar-refractivity contribution >= 4 is 23.1 Å². The third kappa shape index (κ3) is 3.35. The second-order valence-electron chi connectivity index (χ2n) is 10.1. The maximum absolute atomic E-state index is 14.4. The first-order chi connectivity index (χ1) is 17.9. The molecule has 37 heavy (non-hydrogen) atoms. The molecular weight excluding hydrogens is 473 g/mol. The standard InChI is InChI=1S/C29H26FN3O4/c1-2-17-5-14-23-22(16-17)29(28(35)31-23)26(27(34)19-6-10-20(30)11-7-19)25(24-4-3-15-32(24)29)18-8-12-21(13-9-18)33(36)37/h5-14,16,24-26H,2-4,15H2,1H3,(H,31,35)/t24?,25?,26?,29-/m1/s1. The molecule has 188 valence electrons. The van der Waals surface area contributed by atoms with Crippen LogP contribution in [0.3, 0.4) is 0 Å². The van der Waals surface area contributed by atoms with E-state index >= 15 is 0 Å². The number of carbonyl (C=O) groups is 2. The molecule has 3 aliphatic rings. The first-order valence-electron chi connectivity index (χ1n) is 12.6. The summed E-state index contributed by atoms with van der Waals surface area (Å²) in [4.78, 5) is 41.5. The van der Waals surface area contributed by atoms with E-state index in [1.165, 1.54) is 36.4 Å². The van der Waals surface area contributed by atoms with Crippen LogP contribution in [0.1, 0.15) is 52.7 Å². The molecule has 1 amide bonds. The van der Waals surface area contributed by atoms with Crippen molar-refractivity contribution in [1.82, 2.24) is 4.90 Å². The van der Waals surface area contributed by atoms with Gasteiger partial charge in [-0.15, -0.1) is 0 Å². The average Bonchev–Trinajstić information content (AvgIpc) is 3.57. The van der Waals surface area contributed by atoms with E-state index in [1.807, 2.05) is 25.1 Å². The minimum Gasteiger partial charge on any atom is -0.324 e. The molecule has 2 saturated heterocycles. The van der Waals surface area contributed by atoms with Crippen molar-refractivity contribution in [2.24, 2.45) is 5.92 Å². The molecule has 3 aromatic rings. The molecular formula is C29H26FN3O4. The minimum atomic E-state index is -1.22. The third-order valence-electron chi connectivity index (χ3n) is 8.37. The second kappa shape index (κ2) is 8.59. The Bertz CT molecular complexity index is 1420. The number of nitro benzene ring substituents is 1. The lowest BCUT2D eigenvalue weighted by Crippen LogP contribution is -2.52. The molecule has 7 nitrogen and oxygen atoms in total. The van der Waals surface area contributed by atoms with Crippen LogP contribution < -0.4 is 5.32 Å². The van der Waals surface area contributed by atoms with Gasteiger partial charge in [0.05, 0.1) is 10.8 Å². The molecule has 4 atom stereocenters. The smallest absolute Gasteiger partial charge is 0.269 e. The maximum Gasteiger partial charge on any atom is 0.269 e. The first kappa shape index (κ1) is 23.5. The van der Waals surface area contributed by atoms with Gasteiger partial charge in [-0.3, -0.25) is 24.6 Å². The summed E-state index contributed by atoms with van der Waals surface area (Å²) in [6, 6.07) is 17.6. The van der Waals surface area contributed by atoms with Gasteiger partial charge < -0.3 is 5.32 Å². The maximum atomic E-state index is 14.4. The topological polar surface area (TPSA) is 92.5 Å². The van der Waals surface area contributed by atoms with Crippen LogP contribution in [0, 0.1) is 21.8 Å². The van der Waals surface area contributed by atoms with Crippen molar-refractivity contribution in [2.45, 2.75) is 43.7 Å². The van der Waals surface area contributed by atoms with Gasteiger partial charge in [0.2, 0.25) is 5.91 Å². The largest absolute Gasteiger partial charge is 0.324 e. The molecule has 3 aromatic carbocycles. The van der Waals surface area contributed by atoms with Gasteiger partial charge in [-0.2, -0.15) is 0 Å². The fourth-order valence-corrected chi connectivity index (χ4v) is 6.81. The fourth-order valence-electron chi connectivity index (χ4n) is 6.81. The molecule has 0 saturated carbocycles. The normalized spacial score (nSPS) is 26.2. The lowest BCUT2D eigenvalue weighted by Gasteiger charge is -2.37. The van der Waals surface area contributed by atoms with Crippen LogP contribution in [0.2, 0.25) is 0 Å². The number of Topliss-reactive ketones (excluding diaryl/α,β-unsaturated/α-hetero) is 1. The molecule has 2 fully saturated rings. The second-order valence-corrected chi connectivity index (χ2v) is 10.1. The Morgan fingerprint density at radius 1 is 1.14 bits per heavy atom. The molecule has 3 aliphatic heterocycles. The van der Waals surface area contributed by atoms with Gasteiger partial charge in [-0.1, -0.05) is 31.2 Å². The highest BCUT2D eigenvalue weighted by molar-refractivity contribution is 6.12. The van der Waals surface area contributed by atoms with Crippen molar-refractivity contribution in [2.75, 3.05) is 11.9 Å². The zero-order chi connectivity index (χ0) is 25.9. The quantitative estimate of drug-likeness (QED) is 0.296. The number of aryl methyl sites for hydroxylation is 1. The number of halogens is 1. The Labute approximate surface area is 213 Å². The number of ketones is 1. The summed E-state index contributed by atoms with van der Waals surface area (Å²) in [5, 5.41) is 14.4. The summed E-state index contributed by atoms with van der Waals surface area (Å²) in [7, 11) is 0. The van der Waals surface area contributed by atoms with Crippen LogP contribution in [0.15, 0.2) is 66.7 Å². The third-order valence-corrected chi connectivity index (χ3v) is 8.37. The number of nitro groups is 1. The lowest BCUT2D eigenvalue weighted by molar-refractivity contribution is -0.384. The molecule has 3 heterocycles. The van der Waals surface area contributed by atoms with E-state index in [0.29, 0.717) is 17.8 Å². The number of amides is 1. The van der Waals surface area contributed by atoms with Gasteiger partial charge in [-0.25, -0.2) is 4.39 Å². The zero-order valence-corrected chi connectivity index (χ0v) is 20.3. The van der Waals surface area contributed by atoms with E-state index in [9.17, 15) is 24.1 Å². The van der Waals surface area contributed by atoms with Gasteiger partial charge >= 0.3 is 0 Å². The SMILES string of the molecule is CCc1ccc2c(c1)[C@]1(C(=O)N2)C(C(=O)c2ccc(F)cc2)C(c2ccc([N+](=O)[O-])cc2)C2CCCN21. The Balaban J connectivity index is 1.59. The summed E-state index contributed by atoms with van der Waals surface area (Å²) >= 11 is 0. The van der Waals surface area contributed by atoms with Gasteiger partial charge in [0.25, 0.3) is 5.69 Å². The summed E-state index contributed by atoms with van der Waals surface area (Å²) in [5.41, 5.74) is 2.44. The summed E-state index contributed by atoms with van der Waals surface area (Å²) < 4.78 is 13.8. The summed E-state index contributed by atoms with van der Waals surface area (Å²) in [6.45, 7) is 2.71.